The summed E-state index contributed by atoms with van der Waals surface area (Å²) < 4.78 is 14.8. The summed E-state index contributed by atoms with van der Waals surface area (Å²) >= 11 is 0. The molecule has 1 heterocycles. The molecule has 0 saturated carbocycles. The fourth-order valence-electron chi connectivity index (χ4n) is 1.64. The lowest BCUT2D eigenvalue weighted by molar-refractivity contribution is 0.586. The van der Waals surface area contributed by atoms with Gasteiger partial charge in [0, 0.05) is 32.0 Å². The third-order valence-electron chi connectivity index (χ3n) is 2.71. The standard InChI is InChI=1S/C12H16FN5/c1-17(12-4-2-3-10(13)7-12)5-6-18-9-11(8-14)15-16-18/h2-4,7,9H,5-6,8,14H2,1H3. The van der Waals surface area contributed by atoms with Gasteiger partial charge in [-0.1, -0.05) is 11.3 Å². The number of likely N-dealkylation sites (N-methyl/N-ethyl adjacent to an activating group) is 1. The minimum atomic E-state index is -0.231. The van der Waals surface area contributed by atoms with E-state index in [0.717, 1.165) is 17.9 Å². The van der Waals surface area contributed by atoms with Crippen LogP contribution in [0, 0.1) is 5.82 Å². The van der Waals surface area contributed by atoms with E-state index in [4.69, 9.17) is 5.73 Å². The quantitative estimate of drug-likeness (QED) is 0.859. The number of rotatable bonds is 5. The molecule has 0 saturated heterocycles. The minimum absolute atomic E-state index is 0.231. The van der Waals surface area contributed by atoms with Gasteiger partial charge >= 0.3 is 0 Å². The van der Waals surface area contributed by atoms with Crippen LogP contribution < -0.4 is 10.6 Å². The fraction of sp³-hybridized carbons (Fsp3) is 0.333. The second kappa shape index (κ2) is 5.59. The molecular weight excluding hydrogens is 233 g/mol. The molecule has 0 atom stereocenters. The van der Waals surface area contributed by atoms with Gasteiger partial charge in [0.15, 0.2) is 0 Å². The van der Waals surface area contributed by atoms with E-state index in [1.54, 1.807) is 10.7 Å². The van der Waals surface area contributed by atoms with E-state index in [-0.39, 0.29) is 5.82 Å². The van der Waals surface area contributed by atoms with Gasteiger partial charge in [-0.05, 0) is 18.2 Å². The van der Waals surface area contributed by atoms with Crippen molar-refractivity contribution < 1.29 is 4.39 Å². The average Bonchev–Trinajstić information content (AvgIpc) is 2.84. The Morgan fingerprint density at radius 2 is 2.28 bits per heavy atom. The van der Waals surface area contributed by atoms with Crippen molar-refractivity contribution >= 4 is 5.69 Å². The van der Waals surface area contributed by atoms with Gasteiger partial charge in [-0.2, -0.15) is 0 Å². The number of nitrogens with zero attached hydrogens (tertiary/aromatic N) is 4. The van der Waals surface area contributed by atoms with Crippen LogP contribution in [0.3, 0.4) is 0 Å². The Bertz CT molecular complexity index is 511. The van der Waals surface area contributed by atoms with Crippen molar-refractivity contribution in [3.8, 4) is 0 Å². The highest BCUT2D eigenvalue weighted by Crippen LogP contribution is 2.13. The van der Waals surface area contributed by atoms with Crippen molar-refractivity contribution in [3.63, 3.8) is 0 Å². The summed E-state index contributed by atoms with van der Waals surface area (Å²) in [4.78, 5) is 1.97. The third-order valence-corrected chi connectivity index (χ3v) is 2.71. The van der Waals surface area contributed by atoms with Crippen molar-refractivity contribution in [2.75, 3.05) is 18.5 Å². The number of aromatic nitrogens is 3. The van der Waals surface area contributed by atoms with Crippen LogP contribution in [0.5, 0.6) is 0 Å². The Morgan fingerprint density at radius 3 is 2.94 bits per heavy atom. The van der Waals surface area contributed by atoms with Gasteiger partial charge in [0.1, 0.15) is 5.82 Å². The molecule has 2 rings (SSSR count). The summed E-state index contributed by atoms with van der Waals surface area (Å²) in [5.74, 6) is -0.231. The fourth-order valence-corrected chi connectivity index (χ4v) is 1.64. The van der Waals surface area contributed by atoms with Gasteiger partial charge in [0.05, 0.1) is 12.2 Å². The molecule has 1 aromatic heterocycles. The molecule has 0 spiro atoms. The maximum Gasteiger partial charge on any atom is 0.125 e. The molecule has 0 fully saturated rings. The second-order valence-electron chi connectivity index (χ2n) is 4.08. The second-order valence-corrected chi connectivity index (χ2v) is 4.08. The van der Waals surface area contributed by atoms with E-state index in [1.165, 1.54) is 12.1 Å². The lowest BCUT2D eigenvalue weighted by Gasteiger charge is -2.18. The Hall–Kier alpha value is -1.95. The molecule has 0 aliphatic carbocycles. The molecule has 5 nitrogen and oxygen atoms in total. The molecule has 96 valence electrons. The van der Waals surface area contributed by atoms with E-state index in [1.807, 2.05) is 24.2 Å². The van der Waals surface area contributed by atoms with Crippen LogP contribution in [0.4, 0.5) is 10.1 Å². The Balaban J connectivity index is 1.93. The summed E-state index contributed by atoms with van der Waals surface area (Å²) in [7, 11) is 1.91. The molecule has 2 N–H and O–H groups in total. The Morgan fingerprint density at radius 1 is 1.44 bits per heavy atom. The molecule has 0 aliphatic rings. The number of benzene rings is 1. The zero-order chi connectivity index (χ0) is 13.0. The van der Waals surface area contributed by atoms with Gasteiger partial charge in [0.2, 0.25) is 0 Å². The van der Waals surface area contributed by atoms with Crippen LogP contribution in [0.1, 0.15) is 5.69 Å². The number of anilines is 1. The predicted molar refractivity (Wildman–Crippen MR) is 67.6 cm³/mol. The zero-order valence-corrected chi connectivity index (χ0v) is 10.3. The molecule has 0 aliphatic heterocycles. The summed E-state index contributed by atoms with van der Waals surface area (Å²) in [6, 6.07) is 6.51. The maximum atomic E-state index is 13.1. The Labute approximate surface area is 105 Å². The zero-order valence-electron chi connectivity index (χ0n) is 10.3. The predicted octanol–water partition coefficient (Wildman–Crippen LogP) is 1.01. The minimum Gasteiger partial charge on any atom is -0.373 e. The highest BCUT2D eigenvalue weighted by Gasteiger charge is 2.03. The molecule has 6 heteroatoms. The lowest BCUT2D eigenvalue weighted by atomic mass is 10.3. The first-order valence-electron chi connectivity index (χ1n) is 5.75. The smallest absolute Gasteiger partial charge is 0.125 e. The molecular formula is C12H16FN5. The first-order valence-corrected chi connectivity index (χ1v) is 5.75. The molecule has 0 amide bonds. The van der Waals surface area contributed by atoms with Crippen LogP contribution in [-0.2, 0) is 13.1 Å². The van der Waals surface area contributed by atoms with E-state index >= 15 is 0 Å². The monoisotopic (exact) mass is 249 g/mol. The highest BCUT2D eigenvalue weighted by atomic mass is 19.1. The number of hydrogen-bond acceptors (Lipinski definition) is 4. The SMILES string of the molecule is CN(CCn1cc(CN)nn1)c1cccc(F)c1. The summed E-state index contributed by atoms with van der Waals surface area (Å²) in [5.41, 5.74) is 7.07. The van der Waals surface area contributed by atoms with E-state index in [2.05, 4.69) is 10.3 Å². The lowest BCUT2D eigenvalue weighted by Crippen LogP contribution is -2.23. The van der Waals surface area contributed by atoms with Crippen molar-refractivity contribution in [2.45, 2.75) is 13.1 Å². The summed E-state index contributed by atoms with van der Waals surface area (Å²) in [6.07, 6.45) is 1.82. The topological polar surface area (TPSA) is 60.0 Å². The van der Waals surface area contributed by atoms with Crippen LogP contribution in [0.25, 0.3) is 0 Å². The molecule has 0 radical (unpaired) electrons. The summed E-state index contributed by atoms with van der Waals surface area (Å²) in [6.45, 7) is 1.79. The van der Waals surface area contributed by atoms with Gasteiger partial charge in [-0.3, -0.25) is 4.68 Å². The maximum absolute atomic E-state index is 13.1. The van der Waals surface area contributed by atoms with Gasteiger partial charge < -0.3 is 10.6 Å². The highest BCUT2D eigenvalue weighted by molar-refractivity contribution is 5.45. The Kier molecular flexibility index (Phi) is 3.88. The van der Waals surface area contributed by atoms with E-state index < -0.39 is 0 Å². The van der Waals surface area contributed by atoms with Crippen molar-refractivity contribution in [1.29, 1.82) is 0 Å². The molecule has 2 aromatic rings. The first kappa shape index (κ1) is 12.5. The first-order chi connectivity index (χ1) is 8.69. The van der Waals surface area contributed by atoms with Crippen LogP contribution in [0.2, 0.25) is 0 Å². The number of hydrogen-bond donors (Lipinski definition) is 1. The van der Waals surface area contributed by atoms with Crippen molar-refractivity contribution in [3.05, 3.63) is 42.0 Å². The van der Waals surface area contributed by atoms with Crippen molar-refractivity contribution in [2.24, 2.45) is 5.73 Å². The summed E-state index contributed by atoms with van der Waals surface area (Å²) in [5, 5.41) is 7.87. The molecule has 0 bridgehead atoms. The number of halogens is 1. The van der Waals surface area contributed by atoms with Crippen molar-refractivity contribution in [1.82, 2.24) is 15.0 Å². The van der Waals surface area contributed by atoms with Gasteiger partial charge in [-0.15, -0.1) is 5.10 Å². The van der Waals surface area contributed by atoms with Gasteiger partial charge in [-0.25, -0.2) is 4.39 Å². The van der Waals surface area contributed by atoms with Crippen LogP contribution >= 0.6 is 0 Å². The third kappa shape index (κ3) is 3.04. The average molecular weight is 249 g/mol. The van der Waals surface area contributed by atoms with E-state index in [9.17, 15) is 4.39 Å². The molecule has 1 aromatic carbocycles. The number of nitrogens with two attached hydrogens (primary N) is 1. The van der Waals surface area contributed by atoms with E-state index in [0.29, 0.717) is 13.1 Å². The molecule has 18 heavy (non-hydrogen) atoms. The van der Waals surface area contributed by atoms with Crippen LogP contribution in [-0.4, -0.2) is 28.6 Å². The van der Waals surface area contributed by atoms with Crippen LogP contribution in [0.15, 0.2) is 30.5 Å². The normalized spacial score (nSPS) is 10.6. The van der Waals surface area contributed by atoms with Gasteiger partial charge in [0.25, 0.3) is 0 Å². The largest absolute Gasteiger partial charge is 0.373 e. The molecule has 0 unspecified atom stereocenters.